The van der Waals surface area contributed by atoms with Crippen LogP contribution in [0.2, 0.25) is 0 Å². The highest BCUT2D eigenvalue weighted by atomic mass is 16.3. The lowest BCUT2D eigenvalue weighted by Crippen LogP contribution is -2.10. The Morgan fingerprint density at radius 2 is 1.11 bits per heavy atom. The Labute approximate surface area is 256 Å². The van der Waals surface area contributed by atoms with E-state index in [2.05, 4.69) is 157 Å². The summed E-state index contributed by atoms with van der Waals surface area (Å²) in [6, 6.07) is 50.7. The minimum absolute atomic E-state index is 0.945. The minimum Gasteiger partial charge on any atom is -0.456 e. The van der Waals surface area contributed by atoms with E-state index in [-0.39, 0.29) is 0 Å². The van der Waals surface area contributed by atoms with Gasteiger partial charge in [-0.1, -0.05) is 103 Å². The predicted molar refractivity (Wildman–Crippen MR) is 186 cm³/mol. The van der Waals surface area contributed by atoms with Gasteiger partial charge in [0.05, 0.1) is 0 Å². The van der Waals surface area contributed by atoms with Crippen molar-refractivity contribution in [2.45, 2.75) is 12.8 Å². The van der Waals surface area contributed by atoms with E-state index in [0.29, 0.717) is 0 Å². The number of aryl methyl sites for hydroxylation is 1. The van der Waals surface area contributed by atoms with Gasteiger partial charge in [-0.25, -0.2) is 0 Å². The number of fused-ring (bicyclic) bond motifs is 8. The SMILES string of the molecule is C1=Cc2oc3ccc(N(c4ccc(-c5ccccc5)cc4)c4ccc5ccc6c7ccccc7ccc6c5c4)cc3c2CC1. The van der Waals surface area contributed by atoms with E-state index in [0.717, 1.165) is 41.2 Å². The summed E-state index contributed by atoms with van der Waals surface area (Å²) in [7, 11) is 0. The molecule has 0 aliphatic heterocycles. The van der Waals surface area contributed by atoms with Crippen LogP contribution in [0.1, 0.15) is 17.7 Å². The number of allylic oxidation sites excluding steroid dienone is 1. The lowest BCUT2D eigenvalue weighted by Gasteiger charge is -2.26. The fourth-order valence-electron chi connectivity index (χ4n) is 6.93. The molecule has 0 saturated heterocycles. The van der Waals surface area contributed by atoms with Crippen molar-refractivity contribution in [2.75, 3.05) is 4.90 Å². The van der Waals surface area contributed by atoms with Gasteiger partial charge in [-0.3, -0.25) is 0 Å². The first-order chi connectivity index (χ1) is 21.8. The Kier molecular flexibility index (Phi) is 5.67. The van der Waals surface area contributed by atoms with E-state index >= 15 is 0 Å². The summed E-state index contributed by atoms with van der Waals surface area (Å²) in [5, 5.41) is 8.80. The number of rotatable bonds is 4. The minimum atomic E-state index is 0.945. The summed E-state index contributed by atoms with van der Waals surface area (Å²) in [6.45, 7) is 0. The monoisotopic (exact) mass is 563 g/mol. The normalized spacial score (nSPS) is 12.7. The maximum atomic E-state index is 6.24. The molecule has 0 saturated carbocycles. The zero-order valence-electron chi connectivity index (χ0n) is 24.2. The van der Waals surface area contributed by atoms with Crippen molar-refractivity contribution in [3.05, 3.63) is 157 Å². The van der Waals surface area contributed by atoms with E-state index in [1.807, 2.05) is 0 Å². The molecule has 7 aromatic carbocycles. The van der Waals surface area contributed by atoms with Gasteiger partial charge in [0.2, 0.25) is 0 Å². The lowest BCUT2D eigenvalue weighted by atomic mass is 9.96. The molecule has 0 unspecified atom stereocenters. The molecule has 0 bridgehead atoms. The van der Waals surface area contributed by atoms with E-state index < -0.39 is 0 Å². The van der Waals surface area contributed by atoms with E-state index in [1.165, 1.54) is 54.4 Å². The summed E-state index contributed by atoms with van der Waals surface area (Å²) in [5.41, 5.74) is 8.04. The summed E-state index contributed by atoms with van der Waals surface area (Å²) in [6.07, 6.45) is 6.37. The number of nitrogens with zero attached hydrogens (tertiary/aromatic N) is 1. The molecular formula is C42H29NO. The summed E-state index contributed by atoms with van der Waals surface area (Å²) < 4.78 is 6.24. The highest BCUT2D eigenvalue weighted by Crippen LogP contribution is 2.42. The zero-order chi connectivity index (χ0) is 29.0. The standard InChI is InChI=1S/C42H29NO/c1-2-8-28(9-3-1)29-14-19-32(20-15-29)43(34-22-25-42-40(27-34)38-12-6-7-13-41(38)44-42)33-21-16-31-18-23-36-35-11-5-4-10-30(35)17-24-37(36)39(31)26-33/h1-5,7-11,13-27H,6,12H2. The maximum absolute atomic E-state index is 6.24. The number of hydrogen-bond donors (Lipinski definition) is 0. The molecule has 0 amide bonds. The average Bonchev–Trinajstić information content (AvgIpc) is 3.47. The quantitative estimate of drug-likeness (QED) is 0.198. The van der Waals surface area contributed by atoms with Gasteiger partial charge < -0.3 is 9.32 Å². The second-order valence-corrected chi connectivity index (χ2v) is 11.7. The zero-order valence-corrected chi connectivity index (χ0v) is 24.2. The van der Waals surface area contributed by atoms with Crippen molar-refractivity contribution >= 4 is 66.4 Å². The summed E-state index contributed by atoms with van der Waals surface area (Å²) in [4.78, 5) is 2.38. The molecule has 9 rings (SSSR count). The smallest absolute Gasteiger partial charge is 0.135 e. The molecule has 1 aromatic heterocycles. The summed E-state index contributed by atoms with van der Waals surface area (Å²) >= 11 is 0. The van der Waals surface area contributed by atoms with Crippen LogP contribution in [-0.2, 0) is 6.42 Å². The molecule has 0 fully saturated rings. The maximum Gasteiger partial charge on any atom is 0.135 e. The predicted octanol–water partition coefficient (Wildman–Crippen LogP) is 12.0. The topological polar surface area (TPSA) is 16.4 Å². The highest BCUT2D eigenvalue weighted by Gasteiger charge is 2.19. The van der Waals surface area contributed by atoms with E-state index in [9.17, 15) is 0 Å². The number of hydrogen-bond acceptors (Lipinski definition) is 2. The van der Waals surface area contributed by atoms with Gasteiger partial charge in [0.1, 0.15) is 11.3 Å². The highest BCUT2D eigenvalue weighted by molar-refractivity contribution is 6.17. The van der Waals surface area contributed by atoms with Crippen LogP contribution in [0.25, 0.3) is 60.5 Å². The molecule has 0 atom stereocenters. The number of furan rings is 1. The first kappa shape index (κ1) is 24.9. The largest absolute Gasteiger partial charge is 0.456 e. The molecule has 0 radical (unpaired) electrons. The van der Waals surface area contributed by atoms with Crippen LogP contribution >= 0.6 is 0 Å². The molecule has 2 heteroatoms. The molecule has 1 heterocycles. The molecule has 44 heavy (non-hydrogen) atoms. The van der Waals surface area contributed by atoms with Crippen molar-refractivity contribution in [2.24, 2.45) is 0 Å². The van der Waals surface area contributed by atoms with Crippen LogP contribution in [-0.4, -0.2) is 0 Å². The molecule has 1 aliphatic rings. The molecule has 208 valence electrons. The first-order valence-corrected chi connectivity index (χ1v) is 15.3. The third-order valence-electron chi connectivity index (χ3n) is 9.11. The van der Waals surface area contributed by atoms with Crippen molar-refractivity contribution in [1.82, 2.24) is 0 Å². The van der Waals surface area contributed by atoms with E-state index in [1.54, 1.807) is 0 Å². The Bertz CT molecular complexity index is 2380. The van der Waals surface area contributed by atoms with Crippen molar-refractivity contribution in [1.29, 1.82) is 0 Å². The number of anilines is 3. The van der Waals surface area contributed by atoms with Gasteiger partial charge in [-0.2, -0.15) is 0 Å². The van der Waals surface area contributed by atoms with Crippen LogP contribution in [0.15, 0.2) is 150 Å². The Hall–Kier alpha value is -5.60. The van der Waals surface area contributed by atoms with E-state index in [4.69, 9.17) is 4.42 Å². The molecule has 2 nitrogen and oxygen atoms in total. The van der Waals surface area contributed by atoms with Crippen LogP contribution in [0.3, 0.4) is 0 Å². The summed E-state index contributed by atoms with van der Waals surface area (Å²) in [5.74, 6) is 0.992. The third kappa shape index (κ3) is 4.03. The molecular weight excluding hydrogens is 534 g/mol. The molecule has 0 N–H and O–H groups in total. The average molecular weight is 564 g/mol. The molecule has 1 aliphatic carbocycles. The second-order valence-electron chi connectivity index (χ2n) is 11.7. The third-order valence-corrected chi connectivity index (χ3v) is 9.11. The molecule has 8 aromatic rings. The second kappa shape index (κ2) is 10.00. The van der Waals surface area contributed by atoms with Gasteiger partial charge >= 0.3 is 0 Å². The molecule has 0 spiro atoms. The van der Waals surface area contributed by atoms with Crippen LogP contribution in [0, 0.1) is 0 Å². The van der Waals surface area contributed by atoms with Gasteiger partial charge in [0.25, 0.3) is 0 Å². The van der Waals surface area contributed by atoms with Crippen LogP contribution < -0.4 is 4.90 Å². The Morgan fingerprint density at radius 1 is 0.477 bits per heavy atom. The van der Waals surface area contributed by atoms with Gasteiger partial charge in [0, 0.05) is 28.0 Å². The van der Waals surface area contributed by atoms with Gasteiger partial charge in [-0.15, -0.1) is 0 Å². The van der Waals surface area contributed by atoms with Crippen molar-refractivity contribution in [3.63, 3.8) is 0 Å². The fourth-order valence-corrected chi connectivity index (χ4v) is 6.93. The van der Waals surface area contributed by atoms with Crippen LogP contribution in [0.5, 0.6) is 0 Å². The van der Waals surface area contributed by atoms with Gasteiger partial charge in [0.15, 0.2) is 0 Å². The van der Waals surface area contributed by atoms with Crippen molar-refractivity contribution in [3.8, 4) is 11.1 Å². The number of benzene rings is 7. The Balaban J connectivity index is 1.25. The Morgan fingerprint density at radius 3 is 1.95 bits per heavy atom. The van der Waals surface area contributed by atoms with Crippen LogP contribution in [0.4, 0.5) is 17.1 Å². The lowest BCUT2D eigenvalue weighted by molar-refractivity contribution is 0.595. The fraction of sp³-hybridized carbons (Fsp3) is 0.0476. The van der Waals surface area contributed by atoms with Gasteiger partial charge in [-0.05, 0) is 105 Å². The van der Waals surface area contributed by atoms with Crippen molar-refractivity contribution < 1.29 is 4.42 Å². The first-order valence-electron chi connectivity index (χ1n) is 15.3.